The van der Waals surface area contributed by atoms with Gasteiger partial charge in [0.15, 0.2) is 0 Å². The molecule has 0 aromatic rings. The summed E-state index contributed by atoms with van der Waals surface area (Å²) in [5.74, 6) is -2.41. The normalized spacial score (nSPS) is 11.9. The fourth-order valence-electron chi connectivity index (χ4n) is 0.705. The summed E-state index contributed by atoms with van der Waals surface area (Å²) in [5, 5.41) is 7.71. The highest BCUT2D eigenvalue weighted by molar-refractivity contribution is 7.81. The molecule has 0 bridgehead atoms. The van der Waals surface area contributed by atoms with Crippen LogP contribution in [-0.4, -0.2) is 39.6 Å². The molecule has 74 valence electrons. The van der Waals surface area contributed by atoms with Gasteiger partial charge >= 0.3 is 5.97 Å². The second kappa shape index (κ2) is 4.86. The number of aliphatic carboxylic acids is 1. The van der Waals surface area contributed by atoms with Gasteiger partial charge in [-0.05, 0) is 6.92 Å². The van der Waals surface area contributed by atoms with Gasteiger partial charge in [-0.3, -0.25) is 19.3 Å². The van der Waals surface area contributed by atoms with E-state index in [-0.39, 0.29) is 0 Å². The zero-order valence-electron chi connectivity index (χ0n) is 7.35. The fourth-order valence-corrected chi connectivity index (χ4v) is 0.845. The highest BCUT2D eigenvalue weighted by Gasteiger charge is 2.23. The molecule has 0 heterocycles. The van der Waals surface area contributed by atoms with E-state index in [1.165, 1.54) is 6.92 Å². The Morgan fingerprint density at radius 3 is 2.15 bits per heavy atom. The van der Waals surface area contributed by atoms with Gasteiger partial charge in [-0.15, -0.1) is 0 Å². The number of carboxylic acid groups (broad SMARTS) is 1. The van der Waals surface area contributed by atoms with Gasteiger partial charge in [0.2, 0.25) is 11.8 Å². The number of thiol groups is 1. The molecule has 0 fully saturated rings. The lowest BCUT2D eigenvalue weighted by Crippen LogP contribution is -2.42. The van der Waals surface area contributed by atoms with Crippen LogP contribution in [0.25, 0.3) is 0 Å². The maximum Gasteiger partial charge on any atom is 0.323 e. The first-order chi connectivity index (χ1) is 5.86. The van der Waals surface area contributed by atoms with Crippen molar-refractivity contribution in [2.24, 2.45) is 0 Å². The minimum atomic E-state index is -1.22. The van der Waals surface area contributed by atoms with E-state index in [0.717, 1.165) is 6.92 Å². The van der Waals surface area contributed by atoms with E-state index >= 15 is 0 Å². The predicted molar refractivity (Wildman–Crippen MR) is 48.5 cm³/mol. The second-order valence-corrected chi connectivity index (χ2v) is 3.29. The number of amides is 2. The van der Waals surface area contributed by atoms with Gasteiger partial charge in [0.05, 0.1) is 5.25 Å². The van der Waals surface area contributed by atoms with Gasteiger partial charge in [-0.25, -0.2) is 0 Å². The van der Waals surface area contributed by atoms with Crippen LogP contribution in [0.4, 0.5) is 0 Å². The Morgan fingerprint density at radius 1 is 1.46 bits per heavy atom. The molecule has 0 radical (unpaired) electrons. The van der Waals surface area contributed by atoms with Crippen molar-refractivity contribution >= 4 is 30.4 Å². The molecule has 0 saturated carbocycles. The monoisotopic (exact) mass is 205 g/mol. The molecule has 1 unspecified atom stereocenters. The number of hydrogen-bond donors (Lipinski definition) is 2. The third-order valence-corrected chi connectivity index (χ3v) is 1.52. The average molecular weight is 205 g/mol. The van der Waals surface area contributed by atoms with Crippen molar-refractivity contribution in [3.63, 3.8) is 0 Å². The van der Waals surface area contributed by atoms with Crippen LogP contribution < -0.4 is 0 Å². The summed E-state index contributed by atoms with van der Waals surface area (Å²) in [6.07, 6.45) is 0. The van der Waals surface area contributed by atoms with Gasteiger partial charge in [0, 0.05) is 6.92 Å². The molecule has 5 nitrogen and oxygen atoms in total. The Morgan fingerprint density at radius 2 is 1.92 bits per heavy atom. The molecule has 2 amide bonds. The summed E-state index contributed by atoms with van der Waals surface area (Å²) < 4.78 is 0. The van der Waals surface area contributed by atoms with E-state index in [9.17, 15) is 14.4 Å². The van der Waals surface area contributed by atoms with E-state index in [0.29, 0.717) is 4.90 Å². The highest BCUT2D eigenvalue weighted by atomic mass is 32.1. The molecule has 6 heteroatoms. The van der Waals surface area contributed by atoms with Crippen LogP contribution in [0.2, 0.25) is 0 Å². The van der Waals surface area contributed by atoms with Crippen molar-refractivity contribution in [3.8, 4) is 0 Å². The van der Waals surface area contributed by atoms with E-state index in [1.807, 2.05) is 0 Å². The summed E-state index contributed by atoms with van der Waals surface area (Å²) in [6.45, 7) is 2.00. The standard InChI is InChI=1S/C7H11NO4S/c1-4(13)7(12)8(5(2)9)3-6(10)11/h4,13H,3H2,1-2H3,(H,10,11). The Kier molecular flexibility index (Phi) is 4.47. The molecule has 0 aromatic heterocycles. The van der Waals surface area contributed by atoms with Gasteiger partial charge in [0.1, 0.15) is 6.54 Å². The fraction of sp³-hybridized carbons (Fsp3) is 0.571. The van der Waals surface area contributed by atoms with Crippen LogP contribution in [0.15, 0.2) is 0 Å². The Bertz CT molecular complexity index is 239. The number of carboxylic acids is 1. The summed E-state index contributed by atoms with van der Waals surface area (Å²) in [6, 6.07) is 0. The first-order valence-electron chi connectivity index (χ1n) is 3.58. The lowest BCUT2D eigenvalue weighted by atomic mass is 10.3. The van der Waals surface area contributed by atoms with Gasteiger partial charge < -0.3 is 5.11 Å². The topological polar surface area (TPSA) is 74.7 Å². The molecule has 1 atom stereocenters. The van der Waals surface area contributed by atoms with Crippen LogP contribution in [0.1, 0.15) is 13.8 Å². The smallest absolute Gasteiger partial charge is 0.323 e. The van der Waals surface area contributed by atoms with Crippen LogP contribution >= 0.6 is 12.6 Å². The molecule has 0 spiro atoms. The third kappa shape index (κ3) is 3.93. The predicted octanol–water partition coefficient (Wildman–Crippen LogP) is -0.236. The maximum atomic E-state index is 11.2. The zero-order valence-corrected chi connectivity index (χ0v) is 8.25. The van der Waals surface area contributed by atoms with Gasteiger partial charge in [0.25, 0.3) is 0 Å². The first-order valence-corrected chi connectivity index (χ1v) is 4.09. The van der Waals surface area contributed by atoms with Crippen LogP contribution in [0.5, 0.6) is 0 Å². The summed E-state index contributed by atoms with van der Waals surface area (Å²) >= 11 is 3.81. The molecule has 0 aliphatic rings. The summed E-state index contributed by atoms with van der Waals surface area (Å²) in [4.78, 5) is 32.9. The van der Waals surface area contributed by atoms with E-state index in [2.05, 4.69) is 12.6 Å². The number of hydrogen-bond acceptors (Lipinski definition) is 4. The van der Waals surface area contributed by atoms with Crippen molar-refractivity contribution in [1.29, 1.82) is 0 Å². The van der Waals surface area contributed by atoms with Crippen LogP contribution in [0.3, 0.4) is 0 Å². The zero-order chi connectivity index (χ0) is 10.6. The third-order valence-electron chi connectivity index (χ3n) is 1.30. The van der Waals surface area contributed by atoms with Crippen LogP contribution in [-0.2, 0) is 14.4 Å². The Balaban J connectivity index is 4.52. The summed E-state index contributed by atoms with van der Waals surface area (Å²) in [7, 11) is 0. The van der Waals surface area contributed by atoms with Gasteiger partial charge in [-0.1, -0.05) is 0 Å². The molecule has 0 rings (SSSR count). The Labute approximate surface area is 81.1 Å². The minimum absolute atomic E-state index is 0.590. The molecular weight excluding hydrogens is 194 g/mol. The van der Waals surface area contributed by atoms with Crippen molar-refractivity contribution in [2.45, 2.75) is 19.1 Å². The summed E-state index contributed by atoms with van der Waals surface area (Å²) in [5.41, 5.74) is 0. The van der Waals surface area contributed by atoms with Crippen molar-refractivity contribution in [1.82, 2.24) is 4.90 Å². The lowest BCUT2D eigenvalue weighted by molar-refractivity contribution is -0.151. The Hall–Kier alpha value is -1.04. The largest absolute Gasteiger partial charge is 0.480 e. The van der Waals surface area contributed by atoms with Crippen molar-refractivity contribution < 1.29 is 19.5 Å². The number of imide groups is 1. The highest BCUT2D eigenvalue weighted by Crippen LogP contribution is 2.01. The van der Waals surface area contributed by atoms with Crippen molar-refractivity contribution in [2.75, 3.05) is 6.54 Å². The molecule has 13 heavy (non-hydrogen) atoms. The number of rotatable bonds is 3. The number of carbonyl (C=O) groups excluding carboxylic acids is 2. The van der Waals surface area contributed by atoms with E-state index in [1.54, 1.807) is 0 Å². The SMILES string of the molecule is CC(=O)N(CC(=O)O)C(=O)C(C)S. The molecule has 0 aliphatic heterocycles. The van der Waals surface area contributed by atoms with E-state index < -0.39 is 29.6 Å². The van der Waals surface area contributed by atoms with Gasteiger partial charge in [-0.2, -0.15) is 12.6 Å². The molecule has 1 N–H and O–H groups in total. The lowest BCUT2D eigenvalue weighted by Gasteiger charge is -2.18. The first kappa shape index (κ1) is 12.0. The maximum absolute atomic E-state index is 11.2. The van der Waals surface area contributed by atoms with Crippen LogP contribution in [0, 0.1) is 0 Å². The second-order valence-electron chi connectivity index (χ2n) is 2.51. The molecule has 0 aliphatic carbocycles. The van der Waals surface area contributed by atoms with Crippen molar-refractivity contribution in [3.05, 3.63) is 0 Å². The number of carbonyl (C=O) groups is 3. The quantitative estimate of drug-likeness (QED) is 0.624. The molecular formula is C7H11NO4S. The average Bonchev–Trinajstić information content (AvgIpc) is 1.97. The molecule has 0 saturated heterocycles. The molecule has 0 aromatic carbocycles. The van der Waals surface area contributed by atoms with E-state index in [4.69, 9.17) is 5.11 Å². The number of nitrogens with zero attached hydrogens (tertiary/aromatic N) is 1. The minimum Gasteiger partial charge on any atom is -0.480 e.